The van der Waals surface area contributed by atoms with Gasteiger partial charge in [-0.2, -0.15) is 0 Å². The number of rotatable bonds is 6. The normalized spacial score (nSPS) is 11.8. The van der Waals surface area contributed by atoms with Crippen LogP contribution in [0.1, 0.15) is 34.7 Å². The summed E-state index contributed by atoms with van der Waals surface area (Å²) >= 11 is 12.0. The third kappa shape index (κ3) is 5.12. The van der Waals surface area contributed by atoms with Crippen molar-refractivity contribution in [2.24, 2.45) is 0 Å². The molecule has 0 heterocycles. The first-order valence-electron chi connectivity index (χ1n) is 8.88. The maximum Gasteiger partial charge on any atom is 0.221 e. The van der Waals surface area contributed by atoms with Crippen LogP contribution in [-0.4, -0.2) is 5.91 Å². The fourth-order valence-electron chi connectivity index (χ4n) is 3.08. The van der Waals surface area contributed by atoms with E-state index in [1.54, 1.807) is 6.07 Å². The van der Waals surface area contributed by atoms with E-state index >= 15 is 0 Å². The van der Waals surface area contributed by atoms with E-state index in [0.717, 1.165) is 22.3 Å². The van der Waals surface area contributed by atoms with E-state index in [2.05, 4.69) is 24.4 Å². The lowest BCUT2D eigenvalue weighted by Gasteiger charge is -2.21. The molecule has 1 N–H and O–H groups in total. The number of amides is 1. The van der Waals surface area contributed by atoms with Crippen molar-refractivity contribution in [2.75, 3.05) is 0 Å². The van der Waals surface area contributed by atoms with Gasteiger partial charge in [-0.15, -0.1) is 0 Å². The van der Waals surface area contributed by atoms with Crippen molar-refractivity contribution >= 4 is 29.1 Å². The molecule has 3 aromatic carbocycles. The first-order chi connectivity index (χ1) is 13.0. The van der Waals surface area contributed by atoms with Crippen LogP contribution in [0, 0.1) is 6.92 Å². The van der Waals surface area contributed by atoms with Gasteiger partial charge in [0.1, 0.15) is 0 Å². The highest BCUT2D eigenvalue weighted by Crippen LogP contribution is 2.26. The molecular weight excluding hydrogens is 377 g/mol. The van der Waals surface area contributed by atoms with Gasteiger partial charge in [0.25, 0.3) is 0 Å². The Bertz CT molecular complexity index is 925. The molecule has 138 valence electrons. The molecule has 0 aliphatic heterocycles. The van der Waals surface area contributed by atoms with Crippen molar-refractivity contribution in [1.82, 2.24) is 5.32 Å². The second kappa shape index (κ2) is 9.07. The van der Waals surface area contributed by atoms with Crippen molar-refractivity contribution in [3.05, 3.63) is 105 Å². The molecule has 3 rings (SSSR count). The zero-order valence-electron chi connectivity index (χ0n) is 15.1. The first-order valence-corrected chi connectivity index (χ1v) is 9.64. The van der Waals surface area contributed by atoms with Crippen LogP contribution >= 0.6 is 23.2 Å². The van der Waals surface area contributed by atoms with Gasteiger partial charge >= 0.3 is 0 Å². The minimum Gasteiger partial charge on any atom is -0.345 e. The molecule has 0 bridgehead atoms. The third-order valence-electron chi connectivity index (χ3n) is 4.56. The van der Waals surface area contributed by atoms with Crippen LogP contribution in [0.3, 0.4) is 0 Å². The van der Waals surface area contributed by atoms with E-state index in [4.69, 9.17) is 23.2 Å². The summed E-state index contributed by atoms with van der Waals surface area (Å²) in [5.74, 6) is -0.00169. The Morgan fingerprint density at radius 2 is 1.63 bits per heavy atom. The van der Waals surface area contributed by atoms with E-state index in [0.29, 0.717) is 22.9 Å². The monoisotopic (exact) mass is 397 g/mol. The number of nitrogens with one attached hydrogen (secondary N) is 1. The van der Waals surface area contributed by atoms with Crippen LogP contribution in [0.5, 0.6) is 0 Å². The Hall–Kier alpha value is -2.29. The third-order valence-corrected chi connectivity index (χ3v) is 5.30. The highest BCUT2D eigenvalue weighted by Gasteiger charge is 2.18. The van der Waals surface area contributed by atoms with Crippen molar-refractivity contribution < 1.29 is 4.79 Å². The largest absolute Gasteiger partial charge is 0.345 e. The van der Waals surface area contributed by atoms with E-state index in [1.807, 2.05) is 54.6 Å². The van der Waals surface area contributed by atoms with Gasteiger partial charge in [0, 0.05) is 6.42 Å². The number of halogens is 2. The maximum atomic E-state index is 12.7. The molecular formula is C23H21Cl2NO. The van der Waals surface area contributed by atoms with Gasteiger partial charge < -0.3 is 5.32 Å². The van der Waals surface area contributed by atoms with E-state index in [1.165, 1.54) is 0 Å². The highest BCUT2D eigenvalue weighted by atomic mass is 35.5. The zero-order chi connectivity index (χ0) is 19.2. The highest BCUT2D eigenvalue weighted by molar-refractivity contribution is 6.42. The predicted octanol–water partition coefficient (Wildman–Crippen LogP) is 6.14. The molecule has 0 aliphatic rings. The molecule has 1 amide bonds. The van der Waals surface area contributed by atoms with Crippen LogP contribution < -0.4 is 5.32 Å². The van der Waals surface area contributed by atoms with E-state index in [-0.39, 0.29) is 11.9 Å². The molecule has 2 nitrogen and oxygen atoms in total. The average Bonchev–Trinajstić information content (AvgIpc) is 2.68. The Morgan fingerprint density at radius 1 is 0.926 bits per heavy atom. The van der Waals surface area contributed by atoms with Crippen LogP contribution in [-0.2, 0) is 11.2 Å². The maximum absolute atomic E-state index is 12.7. The minimum atomic E-state index is -0.172. The van der Waals surface area contributed by atoms with Crippen molar-refractivity contribution in [2.45, 2.75) is 25.8 Å². The first kappa shape index (κ1) is 19.5. The topological polar surface area (TPSA) is 29.1 Å². The molecule has 0 saturated heterocycles. The van der Waals surface area contributed by atoms with Crippen LogP contribution in [0.2, 0.25) is 10.0 Å². The van der Waals surface area contributed by atoms with Gasteiger partial charge in [-0.05, 0) is 47.7 Å². The molecule has 0 saturated carbocycles. The van der Waals surface area contributed by atoms with Crippen molar-refractivity contribution in [1.29, 1.82) is 0 Å². The predicted molar refractivity (Wildman–Crippen MR) is 112 cm³/mol. The second-order valence-corrected chi connectivity index (χ2v) is 7.33. The number of benzene rings is 3. The molecule has 27 heavy (non-hydrogen) atoms. The summed E-state index contributed by atoms with van der Waals surface area (Å²) < 4.78 is 0. The SMILES string of the molecule is Cc1ccccc1[C@H](NC(=O)CCc1ccc(Cl)c(Cl)c1)c1ccccc1. The summed E-state index contributed by atoms with van der Waals surface area (Å²) in [6.45, 7) is 2.06. The second-order valence-electron chi connectivity index (χ2n) is 6.52. The lowest BCUT2D eigenvalue weighted by molar-refractivity contribution is -0.121. The van der Waals surface area contributed by atoms with E-state index in [9.17, 15) is 4.79 Å². The number of carbonyl (C=O) groups is 1. The number of carbonyl (C=O) groups excluding carboxylic acids is 1. The van der Waals surface area contributed by atoms with Gasteiger partial charge in [-0.3, -0.25) is 4.79 Å². The molecule has 0 aliphatic carbocycles. The Labute approximate surface area is 170 Å². The van der Waals surface area contributed by atoms with Crippen LogP contribution in [0.15, 0.2) is 72.8 Å². The van der Waals surface area contributed by atoms with E-state index < -0.39 is 0 Å². The smallest absolute Gasteiger partial charge is 0.221 e. The molecule has 1 atom stereocenters. The number of hydrogen-bond acceptors (Lipinski definition) is 1. The summed E-state index contributed by atoms with van der Waals surface area (Å²) in [4.78, 5) is 12.7. The fourth-order valence-corrected chi connectivity index (χ4v) is 3.40. The fraction of sp³-hybridized carbons (Fsp3) is 0.174. The van der Waals surface area contributed by atoms with Gasteiger partial charge in [0.15, 0.2) is 0 Å². The summed E-state index contributed by atoms with van der Waals surface area (Å²) in [7, 11) is 0. The lowest BCUT2D eigenvalue weighted by atomic mass is 9.94. The summed E-state index contributed by atoms with van der Waals surface area (Å²) in [5.41, 5.74) is 4.31. The Balaban J connectivity index is 1.75. The summed E-state index contributed by atoms with van der Waals surface area (Å²) in [5, 5.41) is 4.22. The molecule has 0 spiro atoms. The Kier molecular flexibility index (Phi) is 6.54. The molecule has 0 aromatic heterocycles. The van der Waals surface area contributed by atoms with Crippen molar-refractivity contribution in [3.63, 3.8) is 0 Å². The van der Waals surface area contributed by atoms with Crippen LogP contribution in [0.4, 0.5) is 0 Å². The van der Waals surface area contributed by atoms with Gasteiger partial charge in [-0.25, -0.2) is 0 Å². The standard InChI is InChI=1S/C23H21Cl2NO/c1-16-7-5-6-10-19(16)23(18-8-3-2-4-9-18)26-22(27)14-12-17-11-13-20(24)21(25)15-17/h2-11,13,15,23H,12,14H2,1H3,(H,26,27)/t23-/m1/s1. The quantitative estimate of drug-likeness (QED) is 0.531. The average molecular weight is 398 g/mol. The number of aryl methyl sites for hydroxylation is 2. The molecule has 3 aromatic rings. The summed E-state index contributed by atoms with van der Waals surface area (Å²) in [6, 6.07) is 23.5. The minimum absolute atomic E-state index is 0.00169. The van der Waals surface area contributed by atoms with Crippen molar-refractivity contribution in [3.8, 4) is 0 Å². The van der Waals surface area contributed by atoms with Crippen LogP contribution in [0.25, 0.3) is 0 Å². The molecule has 4 heteroatoms. The lowest BCUT2D eigenvalue weighted by Crippen LogP contribution is -2.30. The zero-order valence-corrected chi connectivity index (χ0v) is 16.6. The van der Waals surface area contributed by atoms with Gasteiger partial charge in [0.05, 0.1) is 16.1 Å². The molecule has 0 unspecified atom stereocenters. The molecule has 0 radical (unpaired) electrons. The van der Waals surface area contributed by atoms with Gasteiger partial charge in [0.2, 0.25) is 5.91 Å². The van der Waals surface area contributed by atoms with Gasteiger partial charge in [-0.1, -0.05) is 83.9 Å². The summed E-state index contributed by atoms with van der Waals surface area (Å²) in [6.07, 6.45) is 0.991. The number of hydrogen-bond donors (Lipinski definition) is 1. The Morgan fingerprint density at radius 3 is 2.33 bits per heavy atom. The molecule has 0 fully saturated rings.